The van der Waals surface area contributed by atoms with Crippen molar-refractivity contribution in [3.05, 3.63) is 64.1 Å². The monoisotopic (exact) mass is 261 g/mol. The molecular formula is C13H12FN3O2. The molecule has 5 nitrogen and oxygen atoms in total. The van der Waals surface area contributed by atoms with E-state index in [2.05, 4.69) is 10.3 Å². The number of halogens is 1. The minimum atomic E-state index is -0.556. The predicted molar refractivity (Wildman–Crippen MR) is 69.3 cm³/mol. The average Bonchev–Trinajstić information content (AvgIpc) is 2.39. The molecule has 0 saturated heterocycles. The van der Waals surface area contributed by atoms with Gasteiger partial charge >= 0.3 is 5.82 Å². The van der Waals surface area contributed by atoms with Crippen LogP contribution in [0.3, 0.4) is 0 Å². The quantitative estimate of drug-likeness (QED) is 0.677. The van der Waals surface area contributed by atoms with Gasteiger partial charge in [-0.3, -0.25) is 0 Å². The third-order valence-corrected chi connectivity index (χ3v) is 2.67. The van der Waals surface area contributed by atoms with E-state index >= 15 is 0 Å². The molecule has 19 heavy (non-hydrogen) atoms. The molecule has 2 aromatic rings. The van der Waals surface area contributed by atoms with Gasteiger partial charge in [-0.2, -0.15) is 0 Å². The van der Waals surface area contributed by atoms with Crippen LogP contribution in [0.25, 0.3) is 0 Å². The molecule has 2 rings (SSSR count). The molecule has 0 aliphatic rings. The van der Waals surface area contributed by atoms with Gasteiger partial charge in [0, 0.05) is 12.1 Å². The Morgan fingerprint density at radius 2 is 2.16 bits per heavy atom. The Kier molecular flexibility index (Phi) is 3.70. The summed E-state index contributed by atoms with van der Waals surface area (Å²) >= 11 is 0. The molecule has 6 heteroatoms. The van der Waals surface area contributed by atoms with Crippen LogP contribution in [0.2, 0.25) is 0 Å². The Bertz CT molecular complexity index is 587. The molecule has 0 saturated carbocycles. The van der Waals surface area contributed by atoms with Gasteiger partial charge in [0.25, 0.3) is 0 Å². The van der Waals surface area contributed by atoms with Crippen molar-refractivity contribution in [3.63, 3.8) is 0 Å². The lowest BCUT2D eigenvalue weighted by atomic mass is 10.1. The fourth-order valence-electron chi connectivity index (χ4n) is 1.69. The fourth-order valence-corrected chi connectivity index (χ4v) is 1.69. The summed E-state index contributed by atoms with van der Waals surface area (Å²) in [5.41, 5.74) is 1.43. The molecule has 0 aliphatic carbocycles. The molecule has 98 valence electrons. The Hall–Kier alpha value is -2.50. The van der Waals surface area contributed by atoms with Crippen LogP contribution in [0.15, 0.2) is 42.6 Å². The Morgan fingerprint density at radius 1 is 1.37 bits per heavy atom. The third-order valence-electron chi connectivity index (χ3n) is 2.67. The minimum absolute atomic E-state index is 0.126. The second kappa shape index (κ2) is 5.43. The van der Waals surface area contributed by atoms with E-state index in [1.54, 1.807) is 18.2 Å². The highest BCUT2D eigenvalue weighted by Crippen LogP contribution is 2.20. The molecule has 0 fully saturated rings. The average molecular weight is 261 g/mol. The molecule has 1 heterocycles. The summed E-state index contributed by atoms with van der Waals surface area (Å²) in [6, 6.07) is 9.03. The van der Waals surface area contributed by atoms with Crippen LogP contribution in [0.5, 0.6) is 0 Å². The topological polar surface area (TPSA) is 68.1 Å². The maximum absolute atomic E-state index is 13.1. The molecule has 0 spiro atoms. The van der Waals surface area contributed by atoms with Gasteiger partial charge in [0.05, 0.1) is 5.69 Å². The van der Waals surface area contributed by atoms with Crippen LogP contribution in [-0.2, 0) is 0 Å². The summed E-state index contributed by atoms with van der Waals surface area (Å²) in [5.74, 6) is -0.503. The summed E-state index contributed by atoms with van der Waals surface area (Å²) in [7, 11) is 0. The second-order valence-corrected chi connectivity index (χ2v) is 4.08. The van der Waals surface area contributed by atoms with Crippen LogP contribution in [0.1, 0.15) is 18.5 Å². The lowest BCUT2D eigenvalue weighted by molar-refractivity contribution is -0.389. The number of nitrogens with one attached hydrogen (secondary N) is 1. The number of hydrogen-bond acceptors (Lipinski definition) is 4. The van der Waals surface area contributed by atoms with Gasteiger partial charge in [0.2, 0.25) is 0 Å². The van der Waals surface area contributed by atoms with Gasteiger partial charge in [0.1, 0.15) is 5.82 Å². The fraction of sp³-hybridized carbons (Fsp3) is 0.154. The number of anilines is 1. The van der Waals surface area contributed by atoms with E-state index in [1.165, 1.54) is 24.4 Å². The van der Waals surface area contributed by atoms with E-state index in [4.69, 9.17) is 0 Å². The second-order valence-electron chi connectivity index (χ2n) is 4.08. The van der Waals surface area contributed by atoms with Crippen molar-refractivity contribution in [2.24, 2.45) is 0 Å². The normalized spacial score (nSPS) is 11.9. The van der Waals surface area contributed by atoms with Crippen LogP contribution in [0, 0.1) is 15.9 Å². The first-order valence-corrected chi connectivity index (χ1v) is 5.68. The van der Waals surface area contributed by atoms with Crippen molar-refractivity contribution in [2.45, 2.75) is 13.0 Å². The van der Waals surface area contributed by atoms with E-state index in [9.17, 15) is 14.5 Å². The maximum Gasteiger partial charge on any atom is 0.363 e. The number of aromatic nitrogens is 1. The van der Waals surface area contributed by atoms with Crippen LogP contribution in [-0.4, -0.2) is 9.91 Å². The lowest BCUT2D eigenvalue weighted by Crippen LogP contribution is -2.07. The lowest BCUT2D eigenvalue weighted by Gasteiger charge is -2.14. The van der Waals surface area contributed by atoms with Crippen molar-refractivity contribution >= 4 is 11.5 Å². The zero-order valence-corrected chi connectivity index (χ0v) is 10.2. The first-order valence-electron chi connectivity index (χ1n) is 5.68. The molecule has 1 aromatic carbocycles. The Balaban J connectivity index is 2.10. The number of nitrogens with zero attached hydrogens (tertiary/aromatic N) is 2. The highest BCUT2D eigenvalue weighted by molar-refractivity contribution is 5.45. The Morgan fingerprint density at radius 3 is 2.74 bits per heavy atom. The van der Waals surface area contributed by atoms with Crippen molar-refractivity contribution < 1.29 is 9.31 Å². The van der Waals surface area contributed by atoms with Crippen molar-refractivity contribution in [1.82, 2.24) is 4.98 Å². The molecule has 1 aromatic heterocycles. The van der Waals surface area contributed by atoms with Gasteiger partial charge in [-0.1, -0.05) is 12.1 Å². The zero-order chi connectivity index (χ0) is 13.8. The molecular weight excluding hydrogens is 249 g/mol. The van der Waals surface area contributed by atoms with Crippen LogP contribution >= 0.6 is 0 Å². The van der Waals surface area contributed by atoms with Gasteiger partial charge in [0.15, 0.2) is 6.20 Å². The highest BCUT2D eigenvalue weighted by atomic mass is 19.1. The van der Waals surface area contributed by atoms with Crippen LogP contribution < -0.4 is 5.32 Å². The zero-order valence-electron chi connectivity index (χ0n) is 10.2. The minimum Gasteiger partial charge on any atom is -0.375 e. The molecule has 0 radical (unpaired) electrons. The summed E-state index contributed by atoms with van der Waals surface area (Å²) in [4.78, 5) is 13.6. The molecule has 0 bridgehead atoms. The standard InChI is InChI=1S/C13H12FN3O2/c1-9(10-3-2-4-11(14)7-10)16-12-5-6-13(15-8-12)17(18)19/h2-9,16H,1H3. The molecule has 1 unspecified atom stereocenters. The van der Waals surface area contributed by atoms with Gasteiger partial charge < -0.3 is 15.4 Å². The highest BCUT2D eigenvalue weighted by Gasteiger charge is 2.09. The van der Waals surface area contributed by atoms with E-state index in [0.29, 0.717) is 5.69 Å². The number of nitro groups is 1. The SMILES string of the molecule is CC(Nc1ccc([N+](=O)[O-])nc1)c1cccc(F)c1. The van der Waals surface area contributed by atoms with E-state index < -0.39 is 4.92 Å². The van der Waals surface area contributed by atoms with Gasteiger partial charge in [-0.15, -0.1) is 0 Å². The van der Waals surface area contributed by atoms with E-state index in [-0.39, 0.29) is 17.7 Å². The summed E-state index contributed by atoms with van der Waals surface area (Å²) in [6.07, 6.45) is 1.38. The van der Waals surface area contributed by atoms with Gasteiger partial charge in [-0.25, -0.2) is 4.39 Å². The van der Waals surface area contributed by atoms with E-state index in [1.807, 2.05) is 6.92 Å². The van der Waals surface area contributed by atoms with Crippen LogP contribution in [0.4, 0.5) is 15.9 Å². The maximum atomic E-state index is 13.1. The third kappa shape index (κ3) is 3.25. The number of benzene rings is 1. The predicted octanol–water partition coefficient (Wildman–Crippen LogP) is 3.30. The van der Waals surface area contributed by atoms with Gasteiger partial charge in [-0.05, 0) is 40.6 Å². The first-order chi connectivity index (χ1) is 9.06. The number of hydrogen-bond donors (Lipinski definition) is 1. The summed E-state index contributed by atoms with van der Waals surface area (Å²) in [5, 5.41) is 13.6. The van der Waals surface area contributed by atoms with Crippen molar-refractivity contribution in [3.8, 4) is 0 Å². The Labute approximate surface area is 109 Å². The number of rotatable bonds is 4. The van der Waals surface area contributed by atoms with Crippen molar-refractivity contribution in [2.75, 3.05) is 5.32 Å². The molecule has 1 N–H and O–H groups in total. The largest absolute Gasteiger partial charge is 0.375 e. The first kappa shape index (κ1) is 12.9. The molecule has 0 amide bonds. The van der Waals surface area contributed by atoms with E-state index in [0.717, 1.165) is 5.56 Å². The summed E-state index contributed by atoms with van der Waals surface area (Å²) < 4.78 is 13.1. The molecule has 1 atom stereocenters. The summed E-state index contributed by atoms with van der Waals surface area (Å²) in [6.45, 7) is 1.87. The number of pyridine rings is 1. The smallest absolute Gasteiger partial charge is 0.363 e. The van der Waals surface area contributed by atoms with Crippen molar-refractivity contribution in [1.29, 1.82) is 0 Å². The molecule has 0 aliphatic heterocycles.